The van der Waals surface area contributed by atoms with Gasteiger partial charge in [0, 0.05) is 11.6 Å². The summed E-state index contributed by atoms with van der Waals surface area (Å²) in [6.07, 6.45) is 0. The lowest BCUT2D eigenvalue weighted by atomic mass is 9.95. The van der Waals surface area contributed by atoms with Crippen LogP contribution in [0.3, 0.4) is 0 Å². The molecule has 1 aromatic heterocycles. The van der Waals surface area contributed by atoms with Crippen LogP contribution in [0.4, 0.5) is 0 Å². The molecule has 4 rings (SSSR count). The molecule has 106 valence electrons. The molecule has 22 heavy (non-hydrogen) atoms. The van der Waals surface area contributed by atoms with E-state index in [4.69, 9.17) is 4.74 Å². The molecule has 4 aromatic rings. The first-order chi connectivity index (χ1) is 10.9. The molecule has 1 heterocycles. The van der Waals surface area contributed by atoms with E-state index in [9.17, 15) is 0 Å². The second-order valence-electron chi connectivity index (χ2n) is 5.15. The van der Waals surface area contributed by atoms with Gasteiger partial charge < -0.3 is 4.74 Å². The molecule has 0 aliphatic heterocycles. The van der Waals surface area contributed by atoms with Crippen LogP contribution in [0.15, 0.2) is 66.7 Å². The maximum Gasteiger partial charge on any atom is 0.233 e. The van der Waals surface area contributed by atoms with Crippen LogP contribution in [-0.2, 0) is 0 Å². The minimum atomic E-state index is 0.522. The van der Waals surface area contributed by atoms with E-state index in [0.717, 1.165) is 11.3 Å². The summed E-state index contributed by atoms with van der Waals surface area (Å²) in [5.41, 5.74) is 1.97. The Morgan fingerprint density at radius 1 is 0.727 bits per heavy atom. The Kier molecular flexibility index (Phi) is 2.97. The fraction of sp³-hybridized carbons (Fsp3) is 0.0526. The molecule has 0 atom stereocenters. The van der Waals surface area contributed by atoms with Crippen molar-refractivity contribution < 1.29 is 4.74 Å². The Bertz CT molecular complexity index is 908. The molecule has 0 saturated heterocycles. The van der Waals surface area contributed by atoms with E-state index in [-0.39, 0.29) is 0 Å². The fourth-order valence-electron chi connectivity index (χ4n) is 2.85. The number of nitrogens with zero attached hydrogens (tertiary/aromatic N) is 2. The van der Waals surface area contributed by atoms with Crippen LogP contribution >= 0.6 is 0 Å². The summed E-state index contributed by atoms with van der Waals surface area (Å²) in [5.74, 6) is 0.522. The predicted molar refractivity (Wildman–Crippen MR) is 89.0 cm³/mol. The number of fused-ring (bicyclic) bond motifs is 2. The lowest BCUT2D eigenvalue weighted by molar-refractivity contribution is 0.392. The van der Waals surface area contributed by atoms with Crippen molar-refractivity contribution in [1.82, 2.24) is 10.2 Å². The quantitative estimate of drug-likeness (QED) is 0.510. The third-order valence-electron chi connectivity index (χ3n) is 3.88. The molecule has 3 aromatic carbocycles. The van der Waals surface area contributed by atoms with Gasteiger partial charge in [-0.3, -0.25) is 0 Å². The Balaban J connectivity index is 2.11. The minimum absolute atomic E-state index is 0.522. The van der Waals surface area contributed by atoms with Crippen molar-refractivity contribution in [1.29, 1.82) is 0 Å². The largest absolute Gasteiger partial charge is 0.480 e. The number of ether oxygens (including phenoxy) is 1. The summed E-state index contributed by atoms with van der Waals surface area (Å²) < 4.78 is 5.11. The molecular weight excluding hydrogens is 272 g/mol. The molecule has 0 bridgehead atoms. The average molecular weight is 286 g/mol. The van der Waals surface area contributed by atoms with E-state index >= 15 is 0 Å². The zero-order chi connectivity index (χ0) is 14.9. The van der Waals surface area contributed by atoms with Crippen molar-refractivity contribution in [2.75, 3.05) is 7.11 Å². The van der Waals surface area contributed by atoms with Crippen LogP contribution in [0.2, 0.25) is 0 Å². The maximum atomic E-state index is 5.11. The Morgan fingerprint density at radius 3 is 1.91 bits per heavy atom. The van der Waals surface area contributed by atoms with Gasteiger partial charge >= 0.3 is 0 Å². The SMILES string of the molecule is COc1ccc(-c2c3ccccc3cc3ccccc23)nn1. The third kappa shape index (κ3) is 1.99. The van der Waals surface area contributed by atoms with Gasteiger partial charge in [0.15, 0.2) is 0 Å². The van der Waals surface area contributed by atoms with Crippen molar-refractivity contribution in [3.05, 3.63) is 66.7 Å². The van der Waals surface area contributed by atoms with Gasteiger partial charge in [0.25, 0.3) is 0 Å². The fourth-order valence-corrected chi connectivity index (χ4v) is 2.85. The molecule has 0 N–H and O–H groups in total. The highest BCUT2D eigenvalue weighted by Gasteiger charge is 2.11. The van der Waals surface area contributed by atoms with Gasteiger partial charge in [0.05, 0.1) is 12.8 Å². The second-order valence-corrected chi connectivity index (χ2v) is 5.15. The Morgan fingerprint density at radius 2 is 1.36 bits per heavy atom. The van der Waals surface area contributed by atoms with Gasteiger partial charge in [0.1, 0.15) is 0 Å². The summed E-state index contributed by atoms with van der Waals surface area (Å²) in [4.78, 5) is 0. The summed E-state index contributed by atoms with van der Waals surface area (Å²) in [6, 6.07) is 22.7. The number of aromatic nitrogens is 2. The lowest BCUT2D eigenvalue weighted by Crippen LogP contribution is -1.93. The van der Waals surface area contributed by atoms with Crippen molar-refractivity contribution in [2.24, 2.45) is 0 Å². The molecule has 0 spiro atoms. The smallest absolute Gasteiger partial charge is 0.233 e. The van der Waals surface area contributed by atoms with Gasteiger partial charge in [-0.25, -0.2) is 0 Å². The summed E-state index contributed by atoms with van der Waals surface area (Å²) >= 11 is 0. The molecule has 0 aliphatic rings. The van der Waals surface area contributed by atoms with Gasteiger partial charge in [0.2, 0.25) is 5.88 Å². The molecular formula is C19H14N2O. The van der Waals surface area contributed by atoms with Crippen molar-refractivity contribution in [2.45, 2.75) is 0 Å². The van der Waals surface area contributed by atoms with Gasteiger partial charge in [-0.05, 0) is 33.7 Å². The number of hydrogen-bond acceptors (Lipinski definition) is 3. The van der Waals surface area contributed by atoms with Crippen molar-refractivity contribution in [3.8, 4) is 17.1 Å². The first kappa shape index (κ1) is 12.8. The van der Waals surface area contributed by atoms with Gasteiger partial charge in [-0.1, -0.05) is 48.5 Å². The van der Waals surface area contributed by atoms with Gasteiger partial charge in [-0.2, -0.15) is 0 Å². The molecule has 0 aliphatic carbocycles. The molecule has 0 fully saturated rings. The first-order valence-electron chi connectivity index (χ1n) is 7.15. The van der Waals surface area contributed by atoms with Crippen LogP contribution in [0.5, 0.6) is 5.88 Å². The van der Waals surface area contributed by atoms with Crippen LogP contribution < -0.4 is 4.74 Å². The molecule has 0 amide bonds. The number of rotatable bonds is 2. The van der Waals surface area contributed by atoms with E-state index in [0.29, 0.717) is 5.88 Å². The van der Waals surface area contributed by atoms with Crippen LogP contribution in [0.25, 0.3) is 32.8 Å². The Hall–Kier alpha value is -2.94. The van der Waals surface area contributed by atoms with E-state index in [1.165, 1.54) is 21.5 Å². The first-order valence-corrected chi connectivity index (χ1v) is 7.15. The topological polar surface area (TPSA) is 35.0 Å². The standard InChI is InChI=1S/C19H14N2O/c1-22-18-11-10-17(20-21-18)19-15-8-4-2-6-13(15)12-14-7-3-5-9-16(14)19/h2-12H,1H3. The summed E-state index contributed by atoms with van der Waals surface area (Å²) in [5, 5.41) is 13.2. The number of benzene rings is 3. The van der Waals surface area contributed by atoms with Gasteiger partial charge in [-0.15, -0.1) is 10.2 Å². The third-order valence-corrected chi connectivity index (χ3v) is 3.88. The molecule has 3 heteroatoms. The normalized spacial score (nSPS) is 11.0. The Labute approximate surface area is 128 Å². The van der Waals surface area contributed by atoms with Crippen LogP contribution in [0, 0.1) is 0 Å². The number of methoxy groups -OCH3 is 1. The van der Waals surface area contributed by atoms with Crippen molar-refractivity contribution >= 4 is 21.5 Å². The highest BCUT2D eigenvalue weighted by atomic mass is 16.5. The van der Waals surface area contributed by atoms with Crippen LogP contribution in [0.1, 0.15) is 0 Å². The van der Waals surface area contributed by atoms with E-state index in [2.05, 4.69) is 64.8 Å². The maximum absolute atomic E-state index is 5.11. The average Bonchev–Trinajstić information content (AvgIpc) is 2.60. The predicted octanol–water partition coefficient (Wildman–Crippen LogP) is 4.46. The molecule has 0 radical (unpaired) electrons. The lowest BCUT2D eigenvalue weighted by Gasteiger charge is -2.11. The summed E-state index contributed by atoms with van der Waals surface area (Å²) in [6.45, 7) is 0. The number of hydrogen-bond donors (Lipinski definition) is 0. The summed E-state index contributed by atoms with van der Waals surface area (Å²) in [7, 11) is 1.59. The van der Waals surface area contributed by atoms with E-state index < -0.39 is 0 Å². The molecule has 0 saturated carbocycles. The zero-order valence-electron chi connectivity index (χ0n) is 12.2. The van der Waals surface area contributed by atoms with Crippen LogP contribution in [-0.4, -0.2) is 17.3 Å². The van der Waals surface area contributed by atoms with E-state index in [1.807, 2.05) is 12.1 Å². The second kappa shape index (κ2) is 5.11. The van der Waals surface area contributed by atoms with E-state index in [1.54, 1.807) is 7.11 Å². The highest BCUT2D eigenvalue weighted by molar-refractivity contribution is 6.11. The molecule has 0 unspecified atom stereocenters. The minimum Gasteiger partial charge on any atom is -0.480 e. The zero-order valence-corrected chi connectivity index (χ0v) is 12.2. The highest BCUT2D eigenvalue weighted by Crippen LogP contribution is 2.35. The monoisotopic (exact) mass is 286 g/mol. The molecule has 3 nitrogen and oxygen atoms in total. The van der Waals surface area contributed by atoms with Crippen molar-refractivity contribution in [3.63, 3.8) is 0 Å².